The molecule has 0 bridgehead atoms. The molecule has 4 rings (SSSR count). The summed E-state index contributed by atoms with van der Waals surface area (Å²) in [5.74, 6) is 0. The Morgan fingerprint density at radius 2 is 1.12 bits per heavy atom. The van der Waals surface area contributed by atoms with Crippen molar-refractivity contribution in [1.82, 2.24) is 19.2 Å². The summed E-state index contributed by atoms with van der Waals surface area (Å²) in [5.41, 5.74) is 2.79. The lowest BCUT2D eigenvalue weighted by Crippen LogP contribution is -2.48. The van der Waals surface area contributed by atoms with Gasteiger partial charge in [-0.05, 0) is 11.1 Å². The van der Waals surface area contributed by atoms with Crippen LogP contribution in [-0.2, 0) is 0 Å². The molecule has 2 aromatic carbocycles. The SMILES string of the molecule is c1ccc(C2CNCCN2SN2CCNCC2c2ccccc2)cc1. The van der Waals surface area contributed by atoms with Crippen molar-refractivity contribution in [2.24, 2.45) is 0 Å². The second kappa shape index (κ2) is 8.34. The van der Waals surface area contributed by atoms with Crippen molar-refractivity contribution >= 4 is 12.1 Å². The van der Waals surface area contributed by atoms with Crippen LogP contribution in [0.25, 0.3) is 0 Å². The maximum atomic E-state index is 3.56. The fourth-order valence-electron chi connectivity index (χ4n) is 3.62. The molecule has 0 aliphatic carbocycles. The first-order valence-electron chi connectivity index (χ1n) is 9.14. The lowest BCUT2D eigenvalue weighted by atomic mass is 10.1. The minimum atomic E-state index is 0.422. The van der Waals surface area contributed by atoms with Crippen molar-refractivity contribution in [3.63, 3.8) is 0 Å². The standard InChI is InChI=1S/C20H26N4S/c1-3-7-17(8-4-1)19-15-21-11-13-23(19)25-24-14-12-22-16-20(24)18-9-5-2-6-10-18/h1-10,19-22H,11-16H2. The minimum absolute atomic E-state index is 0.422. The number of rotatable bonds is 4. The highest BCUT2D eigenvalue weighted by molar-refractivity contribution is 7.94. The molecule has 0 aromatic heterocycles. The summed E-state index contributed by atoms with van der Waals surface area (Å²) in [5, 5.41) is 7.12. The van der Waals surface area contributed by atoms with Gasteiger partial charge < -0.3 is 10.6 Å². The maximum Gasteiger partial charge on any atom is 0.0589 e. The molecule has 5 heteroatoms. The average molecular weight is 355 g/mol. The molecule has 2 aliphatic heterocycles. The molecule has 2 atom stereocenters. The second-order valence-electron chi connectivity index (χ2n) is 6.62. The fraction of sp³-hybridized carbons (Fsp3) is 0.400. The number of nitrogens with one attached hydrogen (secondary N) is 2. The molecule has 25 heavy (non-hydrogen) atoms. The largest absolute Gasteiger partial charge is 0.313 e. The van der Waals surface area contributed by atoms with Crippen LogP contribution < -0.4 is 10.6 Å². The topological polar surface area (TPSA) is 30.5 Å². The van der Waals surface area contributed by atoms with Crippen molar-refractivity contribution in [3.8, 4) is 0 Å². The number of nitrogens with zero attached hydrogens (tertiary/aromatic N) is 2. The van der Waals surface area contributed by atoms with Gasteiger partial charge in [-0.1, -0.05) is 60.7 Å². The predicted octanol–water partition coefficient (Wildman–Crippen LogP) is 2.84. The molecule has 2 aromatic rings. The summed E-state index contributed by atoms with van der Waals surface area (Å²) >= 11 is 1.93. The maximum absolute atomic E-state index is 3.56. The molecule has 2 unspecified atom stereocenters. The first kappa shape index (κ1) is 17.1. The first-order valence-corrected chi connectivity index (χ1v) is 9.87. The van der Waals surface area contributed by atoms with Crippen molar-refractivity contribution < 1.29 is 0 Å². The lowest BCUT2D eigenvalue weighted by Gasteiger charge is -2.42. The molecular weight excluding hydrogens is 328 g/mol. The summed E-state index contributed by atoms with van der Waals surface area (Å²) in [7, 11) is 0. The predicted molar refractivity (Wildman–Crippen MR) is 105 cm³/mol. The number of hydrogen-bond acceptors (Lipinski definition) is 5. The van der Waals surface area contributed by atoms with Crippen LogP contribution in [-0.4, -0.2) is 47.9 Å². The van der Waals surface area contributed by atoms with Gasteiger partial charge >= 0.3 is 0 Å². The summed E-state index contributed by atoms with van der Waals surface area (Å²) in [4.78, 5) is 0. The summed E-state index contributed by atoms with van der Waals surface area (Å²) < 4.78 is 5.13. The van der Waals surface area contributed by atoms with Crippen molar-refractivity contribution in [2.45, 2.75) is 12.1 Å². The monoisotopic (exact) mass is 354 g/mol. The van der Waals surface area contributed by atoms with E-state index in [1.807, 2.05) is 12.1 Å². The Bertz CT molecular complexity index is 594. The zero-order chi connectivity index (χ0) is 16.9. The lowest BCUT2D eigenvalue weighted by molar-refractivity contribution is 0.250. The van der Waals surface area contributed by atoms with E-state index in [0.717, 1.165) is 39.3 Å². The van der Waals surface area contributed by atoms with Crippen LogP contribution in [0, 0.1) is 0 Å². The highest BCUT2D eigenvalue weighted by Gasteiger charge is 2.31. The van der Waals surface area contributed by atoms with E-state index in [-0.39, 0.29) is 0 Å². The average Bonchev–Trinajstić information content (AvgIpc) is 2.70. The number of benzene rings is 2. The third-order valence-electron chi connectivity index (χ3n) is 4.97. The van der Waals surface area contributed by atoms with Crippen LogP contribution >= 0.6 is 12.1 Å². The minimum Gasteiger partial charge on any atom is -0.313 e. The van der Waals surface area contributed by atoms with E-state index in [9.17, 15) is 0 Å². The Morgan fingerprint density at radius 1 is 0.680 bits per heavy atom. The number of hydrogen-bond donors (Lipinski definition) is 2. The Kier molecular flexibility index (Phi) is 5.69. The van der Waals surface area contributed by atoms with E-state index in [1.54, 1.807) is 0 Å². The van der Waals surface area contributed by atoms with Crippen LogP contribution in [0.15, 0.2) is 60.7 Å². The third-order valence-corrected chi connectivity index (χ3v) is 6.26. The van der Waals surface area contributed by atoms with Gasteiger partial charge in [-0.3, -0.25) is 0 Å². The molecule has 2 N–H and O–H groups in total. The molecule has 2 aliphatic rings. The molecule has 132 valence electrons. The fourth-order valence-corrected chi connectivity index (χ4v) is 4.86. The Labute approximate surface area is 154 Å². The van der Waals surface area contributed by atoms with Gasteiger partial charge in [0.05, 0.1) is 12.1 Å². The van der Waals surface area contributed by atoms with E-state index >= 15 is 0 Å². The van der Waals surface area contributed by atoms with Gasteiger partial charge in [0.1, 0.15) is 0 Å². The van der Waals surface area contributed by atoms with Gasteiger partial charge in [0.2, 0.25) is 0 Å². The molecule has 0 spiro atoms. The van der Waals surface area contributed by atoms with Crippen LogP contribution in [0.3, 0.4) is 0 Å². The molecule has 0 saturated carbocycles. The molecule has 4 nitrogen and oxygen atoms in total. The van der Waals surface area contributed by atoms with Gasteiger partial charge in [0, 0.05) is 51.4 Å². The first-order chi connectivity index (χ1) is 12.4. The molecule has 0 amide bonds. The zero-order valence-electron chi connectivity index (χ0n) is 14.5. The second-order valence-corrected chi connectivity index (χ2v) is 7.73. The van der Waals surface area contributed by atoms with E-state index in [2.05, 4.69) is 79.9 Å². The van der Waals surface area contributed by atoms with Crippen LogP contribution in [0.2, 0.25) is 0 Å². The molecule has 2 saturated heterocycles. The highest BCUT2D eigenvalue weighted by atomic mass is 32.2. The normalized spacial score (nSPS) is 25.8. The highest BCUT2D eigenvalue weighted by Crippen LogP contribution is 2.36. The van der Waals surface area contributed by atoms with Crippen molar-refractivity contribution in [1.29, 1.82) is 0 Å². The Hall–Kier alpha value is -1.37. The van der Waals surface area contributed by atoms with Crippen LogP contribution in [0.4, 0.5) is 0 Å². The van der Waals surface area contributed by atoms with Gasteiger partial charge in [0.25, 0.3) is 0 Å². The molecule has 2 heterocycles. The van der Waals surface area contributed by atoms with E-state index in [0.29, 0.717) is 12.1 Å². The summed E-state index contributed by atoms with van der Waals surface area (Å²) in [6, 6.07) is 22.6. The Morgan fingerprint density at radius 3 is 1.56 bits per heavy atom. The van der Waals surface area contributed by atoms with Crippen LogP contribution in [0.5, 0.6) is 0 Å². The van der Waals surface area contributed by atoms with E-state index in [4.69, 9.17) is 0 Å². The van der Waals surface area contributed by atoms with Gasteiger partial charge in [-0.15, -0.1) is 0 Å². The summed E-state index contributed by atoms with van der Waals surface area (Å²) in [6.45, 7) is 6.26. The summed E-state index contributed by atoms with van der Waals surface area (Å²) in [6.07, 6.45) is 0. The zero-order valence-corrected chi connectivity index (χ0v) is 15.3. The Balaban J connectivity index is 1.52. The third kappa shape index (κ3) is 4.07. The quantitative estimate of drug-likeness (QED) is 0.825. The van der Waals surface area contributed by atoms with Crippen molar-refractivity contribution in [2.75, 3.05) is 39.3 Å². The smallest absolute Gasteiger partial charge is 0.0589 e. The van der Waals surface area contributed by atoms with Gasteiger partial charge in [-0.25, -0.2) is 8.61 Å². The van der Waals surface area contributed by atoms with Crippen LogP contribution in [0.1, 0.15) is 23.2 Å². The molecule has 2 fully saturated rings. The number of piperazine rings is 2. The molecule has 0 radical (unpaired) electrons. The van der Waals surface area contributed by atoms with Gasteiger partial charge in [0.15, 0.2) is 0 Å². The molecular formula is C20H26N4S. The van der Waals surface area contributed by atoms with Crippen molar-refractivity contribution in [3.05, 3.63) is 71.8 Å². The van der Waals surface area contributed by atoms with E-state index in [1.165, 1.54) is 11.1 Å². The van der Waals surface area contributed by atoms with E-state index < -0.39 is 0 Å². The van der Waals surface area contributed by atoms with Gasteiger partial charge in [-0.2, -0.15) is 0 Å².